The monoisotopic (exact) mass is 555 g/mol. The van der Waals surface area contributed by atoms with Crippen molar-refractivity contribution in [3.8, 4) is 5.75 Å². The van der Waals surface area contributed by atoms with Crippen molar-refractivity contribution in [1.82, 2.24) is 30.0 Å². The summed E-state index contributed by atoms with van der Waals surface area (Å²) in [5.74, 6) is 3.39. The highest BCUT2D eigenvalue weighted by Gasteiger charge is 2.11. The lowest BCUT2D eigenvalue weighted by Gasteiger charge is -2.22. The molecular formula is C21H30IN7OS. The maximum atomic E-state index is 5.23. The number of nitrogens with one attached hydrogen (secondary N) is 1. The van der Waals surface area contributed by atoms with Gasteiger partial charge in [-0.05, 0) is 38.0 Å². The number of nitrogens with zero attached hydrogens (tertiary/aromatic N) is 6. The Balaban J connectivity index is 0.00000341. The van der Waals surface area contributed by atoms with Crippen LogP contribution in [0.25, 0.3) is 0 Å². The number of hydrogen-bond donors (Lipinski definition) is 1. The van der Waals surface area contributed by atoms with Gasteiger partial charge >= 0.3 is 0 Å². The molecule has 0 atom stereocenters. The smallest absolute Gasteiger partial charge is 0.194 e. The highest BCUT2D eigenvalue weighted by molar-refractivity contribution is 14.0. The maximum Gasteiger partial charge on any atom is 0.194 e. The van der Waals surface area contributed by atoms with Crippen molar-refractivity contribution in [3.05, 3.63) is 57.6 Å². The third kappa shape index (κ3) is 7.17. The summed E-state index contributed by atoms with van der Waals surface area (Å²) >= 11 is 1.66. The minimum absolute atomic E-state index is 0. The van der Waals surface area contributed by atoms with Crippen LogP contribution in [-0.2, 0) is 26.6 Å². The van der Waals surface area contributed by atoms with Gasteiger partial charge < -0.3 is 19.5 Å². The van der Waals surface area contributed by atoms with E-state index in [1.807, 2.05) is 44.6 Å². The lowest BCUT2D eigenvalue weighted by Crippen LogP contribution is -2.39. The van der Waals surface area contributed by atoms with Crippen molar-refractivity contribution in [2.24, 2.45) is 12.0 Å². The van der Waals surface area contributed by atoms with Gasteiger partial charge in [-0.1, -0.05) is 12.1 Å². The standard InChI is InChI=1S/C21H29N7OS.HI/c1-15-25-26-20(28(15)4)12-23-21(27(3)13-18-14-30-16(2)24-18)22-11-10-17-6-8-19(29-5)9-7-17;/h6-9,14H,10-13H2,1-5H3,(H,22,23);1H. The minimum atomic E-state index is 0. The average molecular weight is 555 g/mol. The fourth-order valence-corrected chi connectivity index (χ4v) is 3.56. The second kappa shape index (κ2) is 12.0. The summed E-state index contributed by atoms with van der Waals surface area (Å²) < 4.78 is 7.19. The number of halogens is 1. The van der Waals surface area contributed by atoms with Gasteiger partial charge in [0.15, 0.2) is 11.8 Å². The summed E-state index contributed by atoms with van der Waals surface area (Å²) in [5, 5.41) is 15.0. The Kier molecular flexibility index (Phi) is 9.69. The van der Waals surface area contributed by atoms with Crippen LogP contribution in [0.1, 0.15) is 27.9 Å². The Morgan fingerprint density at radius 1 is 1.23 bits per heavy atom. The number of hydrogen-bond acceptors (Lipinski definition) is 6. The van der Waals surface area contributed by atoms with E-state index in [0.717, 1.165) is 47.0 Å². The number of thiazole rings is 1. The van der Waals surface area contributed by atoms with Crippen molar-refractivity contribution >= 4 is 41.3 Å². The number of aliphatic imine (C=N–C) groups is 1. The van der Waals surface area contributed by atoms with Crippen LogP contribution in [0.2, 0.25) is 0 Å². The second-order valence-electron chi connectivity index (χ2n) is 7.10. The van der Waals surface area contributed by atoms with Crippen LogP contribution in [0.3, 0.4) is 0 Å². The summed E-state index contributed by atoms with van der Waals surface area (Å²) in [6.45, 7) is 5.88. The fraction of sp³-hybridized carbons (Fsp3) is 0.429. The predicted octanol–water partition coefficient (Wildman–Crippen LogP) is 3.34. The van der Waals surface area contributed by atoms with Crippen LogP contribution in [0, 0.1) is 13.8 Å². The van der Waals surface area contributed by atoms with E-state index in [-0.39, 0.29) is 24.0 Å². The molecule has 0 radical (unpaired) electrons. The number of aromatic nitrogens is 4. The molecule has 168 valence electrons. The number of benzene rings is 1. The molecule has 0 aliphatic rings. The predicted molar refractivity (Wildman–Crippen MR) is 135 cm³/mol. The van der Waals surface area contributed by atoms with Crippen molar-refractivity contribution in [1.29, 1.82) is 0 Å². The first-order valence-electron chi connectivity index (χ1n) is 9.84. The Bertz CT molecular complexity index is 984. The molecule has 2 heterocycles. The van der Waals surface area contributed by atoms with E-state index < -0.39 is 0 Å². The van der Waals surface area contributed by atoms with Crippen molar-refractivity contribution in [3.63, 3.8) is 0 Å². The van der Waals surface area contributed by atoms with E-state index in [1.165, 1.54) is 5.56 Å². The van der Waals surface area contributed by atoms with Gasteiger partial charge in [0.05, 0.1) is 24.4 Å². The molecule has 0 aliphatic carbocycles. The van der Waals surface area contributed by atoms with Gasteiger partial charge in [0.25, 0.3) is 0 Å². The number of methoxy groups -OCH3 is 1. The van der Waals surface area contributed by atoms with Gasteiger partial charge in [-0.3, -0.25) is 0 Å². The molecule has 0 saturated carbocycles. The SMILES string of the molecule is COc1ccc(CCNC(=NCc2nnc(C)n2C)N(C)Cc2csc(C)n2)cc1.I. The van der Waals surface area contributed by atoms with Crippen LogP contribution in [0.15, 0.2) is 34.6 Å². The molecule has 0 bridgehead atoms. The molecule has 0 amide bonds. The molecule has 31 heavy (non-hydrogen) atoms. The van der Waals surface area contributed by atoms with E-state index in [1.54, 1.807) is 18.4 Å². The van der Waals surface area contributed by atoms with Crippen LogP contribution >= 0.6 is 35.3 Å². The van der Waals surface area contributed by atoms with Crippen LogP contribution in [0.4, 0.5) is 0 Å². The molecule has 2 aromatic heterocycles. The topological polar surface area (TPSA) is 80.5 Å². The molecule has 8 nitrogen and oxygen atoms in total. The summed E-state index contributed by atoms with van der Waals surface area (Å²) in [6, 6.07) is 8.14. The molecule has 0 spiro atoms. The van der Waals surface area contributed by atoms with E-state index >= 15 is 0 Å². The van der Waals surface area contributed by atoms with Gasteiger partial charge in [0, 0.05) is 26.0 Å². The van der Waals surface area contributed by atoms with Crippen LogP contribution in [-0.4, -0.2) is 51.3 Å². The molecule has 0 saturated heterocycles. The third-order valence-electron chi connectivity index (χ3n) is 4.84. The van der Waals surface area contributed by atoms with Gasteiger partial charge in [-0.15, -0.1) is 45.5 Å². The number of rotatable bonds is 8. The van der Waals surface area contributed by atoms with Gasteiger partial charge in [-0.2, -0.15) is 0 Å². The van der Waals surface area contributed by atoms with Crippen LogP contribution < -0.4 is 10.1 Å². The number of aryl methyl sites for hydroxylation is 2. The first-order chi connectivity index (χ1) is 14.5. The van der Waals surface area contributed by atoms with Crippen molar-refractivity contribution < 1.29 is 4.74 Å². The number of guanidine groups is 1. The van der Waals surface area contributed by atoms with Crippen molar-refractivity contribution in [2.75, 3.05) is 20.7 Å². The normalized spacial score (nSPS) is 11.2. The highest BCUT2D eigenvalue weighted by Crippen LogP contribution is 2.12. The van der Waals surface area contributed by atoms with Gasteiger partial charge in [0.1, 0.15) is 18.1 Å². The third-order valence-corrected chi connectivity index (χ3v) is 5.66. The lowest BCUT2D eigenvalue weighted by molar-refractivity contribution is 0.414. The quantitative estimate of drug-likeness (QED) is 0.261. The minimum Gasteiger partial charge on any atom is -0.497 e. The Hall–Kier alpha value is -2.21. The maximum absolute atomic E-state index is 5.23. The van der Waals surface area contributed by atoms with Crippen molar-refractivity contribution in [2.45, 2.75) is 33.4 Å². The van der Waals surface area contributed by atoms with Crippen LogP contribution in [0.5, 0.6) is 5.75 Å². The molecule has 0 aliphatic heterocycles. The lowest BCUT2D eigenvalue weighted by atomic mass is 10.1. The van der Waals surface area contributed by atoms with E-state index in [9.17, 15) is 0 Å². The van der Waals surface area contributed by atoms with E-state index in [0.29, 0.717) is 13.1 Å². The zero-order valence-electron chi connectivity index (χ0n) is 18.6. The molecule has 3 rings (SSSR count). The highest BCUT2D eigenvalue weighted by atomic mass is 127. The summed E-state index contributed by atoms with van der Waals surface area (Å²) in [4.78, 5) is 11.5. The van der Waals surface area contributed by atoms with E-state index in [4.69, 9.17) is 9.73 Å². The first kappa shape index (κ1) is 25.1. The Morgan fingerprint density at radius 2 is 1.97 bits per heavy atom. The molecule has 1 N–H and O–H groups in total. The first-order valence-corrected chi connectivity index (χ1v) is 10.7. The Labute approximate surface area is 204 Å². The number of ether oxygens (including phenoxy) is 1. The zero-order valence-corrected chi connectivity index (χ0v) is 21.8. The largest absolute Gasteiger partial charge is 0.497 e. The average Bonchev–Trinajstić information content (AvgIpc) is 3.30. The van der Waals surface area contributed by atoms with E-state index in [2.05, 4.69) is 42.9 Å². The molecule has 0 fully saturated rings. The molecule has 0 unspecified atom stereocenters. The summed E-state index contributed by atoms with van der Waals surface area (Å²) in [6.07, 6.45) is 0.885. The molecule has 10 heteroatoms. The summed E-state index contributed by atoms with van der Waals surface area (Å²) in [7, 11) is 5.66. The fourth-order valence-electron chi connectivity index (χ4n) is 2.96. The van der Waals surface area contributed by atoms with Gasteiger partial charge in [-0.25, -0.2) is 9.98 Å². The van der Waals surface area contributed by atoms with Gasteiger partial charge in [0.2, 0.25) is 0 Å². The summed E-state index contributed by atoms with van der Waals surface area (Å²) in [5.41, 5.74) is 2.28. The second-order valence-corrected chi connectivity index (χ2v) is 8.16. The zero-order chi connectivity index (χ0) is 21.5. The Morgan fingerprint density at radius 3 is 2.55 bits per heavy atom. The molecule has 3 aromatic rings. The molecule has 1 aromatic carbocycles. The molecular weight excluding hydrogens is 525 g/mol.